The molecule has 162 valence electrons. The largest absolute Gasteiger partial charge is 0.496 e. The highest BCUT2D eigenvalue weighted by molar-refractivity contribution is 7.76. The fourth-order valence-corrected chi connectivity index (χ4v) is 9.51. The normalized spacial score (nSPS) is 12.7. The van der Waals surface area contributed by atoms with Gasteiger partial charge < -0.3 is 9.47 Å². The van der Waals surface area contributed by atoms with E-state index >= 15 is 0 Å². The smallest absolute Gasteiger partial charge is 0.126 e. The highest BCUT2D eigenvalue weighted by Gasteiger charge is 2.23. The number of benzene rings is 4. The number of para-hydroxylation sites is 2. The Bertz CT molecular complexity index is 1030. The summed E-state index contributed by atoms with van der Waals surface area (Å²) >= 11 is 0. The summed E-state index contributed by atoms with van der Waals surface area (Å²) in [6, 6.07) is 38.7. The Morgan fingerprint density at radius 2 is 0.812 bits per heavy atom. The molecule has 2 unspecified atom stereocenters. The van der Waals surface area contributed by atoms with Gasteiger partial charge in [0, 0.05) is 10.6 Å². The molecule has 0 fully saturated rings. The van der Waals surface area contributed by atoms with Gasteiger partial charge in [-0.2, -0.15) is 0 Å². The predicted molar refractivity (Wildman–Crippen MR) is 141 cm³/mol. The first-order valence-electron chi connectivity index (χ1n) is 10.7. The van der Waals surface area contributed by atoms with Gasteiger partial charge >= 0.3 is 0 Å². The lowest BCUT2D eigenvalue weighted by atomic mass is 10.3. The Labute approximate surface area is 193 Å². The number of methoxy groups -OCH3 is 2. The zero-order chi connectivity index (χ0) is 22.2. The second kappa shape index (κ2) is 11.3. The van der Waals surface area contributed by atoms with Crippen molar-refractivity contribution in [2.75, 3.05) is 26.5 Å². The Morgan fingerprint density at radius 1 is 0.469 bits per heavy atom. The molecule has 0 aliphatic heterocycles. The van der Waals surface area contributed by atoms with Gasteiger partial charge in [-0.25, -0.2) is 0 Å². The Kier molecular flexibility index (Phi) is 7.94. The molecule has 0 N–H and O–H groups in total. The van der Waals surface area contributed by atoms with Crippen LogP contribution >= 0.6 is 15.8 Å². The van der Waals surface area contributed by atoms with Gasteiger partial charge in [-0.05, 0) is 50.9 Å². The molecule has 0 aromatic heterocycles. The molecule has 0 saturated carbocycles. The zero-order valence-corrected chi connectivity index (χ0v) is 20.3. The van der Waals surface area contributed by atoms with Crippen LogP contribution in [-0.4, -0.2) is 26.5 Å². The Balaban J connectivity index is 1.72. The van der Waals surface area contributed by atoms with E-state index in [1.54, 1.807) is 14.2 Å². The molecule has 4 rings (SSSR count). The summed E-state index contributed by atoms with van der Waals surface area (Å²) < 4.78 is 11.5. The van der Waals surface area contributed by atoms with Gasteiger partial charge in [-0.15, -0.1) is 0 Å². The minimum atomic E-state index is -0.554. The molecule has 0 heterocycles. The fourth-order valence-electron chi connectivity index (χ4n) is 3.90. The van der Waals surface area contributed by atoms with Crippen molar-refractivity contribution in [2.24, 2.45) is 0 Å². The van der Waals surface area contributed by atoms with Gasteiger partial charge in [-0.3, -0.25) is 0 Å². The van der Waals surface area contributed by atoms with Gasteiger partial charge in [0.25, 0.3) is 0 Å². The highest BCUT2D eigenvalue weighted by atomic mass is 31.1. The van der Waals surface area contributed by atoms with Crippen LogP contribution in [0.4, 0.5) is 0 Å². The van der Waals surface area contributed by atoms with E-state index in [2.05, 4.69) is 97.1 Å². The second-order valence-corrected chi connectivity index (χ2v) is 11.9. The first kappa shape index (κ1) is 22.5. The summed E-state index contributed by atoms with van der Waals surface area (Å²) in [6.07, 6.45) is 2.16. The predicted octanol–water partition coefficient (Wildman–Crippen LogP) is 5.27. The minimum Gasteiger partial charge on any atom is -0.496 e. The number of hydrogen-bond donors (Lipinski definition) is 0. The number of rotatable bonds is 9. The molecule has 2 nitrogen and oxygen atoms in total. The Hall–Kier alpha value is -2.66. The van der Waals surface area contributed by atoms with Crippen molar-refractivity contribution in [2.45, 2.75) is 0 Å². The van der Waals surface area contributed by atoms with Crippen molar-refractivity contribution >= 4 is 37.1 Å². The zero-order valence-electron chi connectivity index (χ0n) is 18.5. The van der Waals surface area contributed by atoms with Crippen molar-refractivity contribution in [3.8, 4) is 11.5 Å². The third kappa shape index (κ3) is 5.21. The van der Waals surface area contributed by atoms with Crippen molar-refractivity contribution < 1.29 is 9.47 Å². The molecule has 0 saturated heterocycles. The maximum Gasteiger partial charge on any atom is 0.126 e. The first-order valence-corrected chi connectivity index (χ1v) is 13.8. The summed E-state index contributed by atoms with van der Waals surface area (Å²) in [5, 5.41) is 5.38. The van der Waals surface area contributed by atoms with E-state index in [1.807, 2.05) is 12.1 Å². The quantitative estimate of drug-likeness (QED) is 0.318. The van der Waals surface area contributed by atoms with Crippen LogP contribution in [0, 0.1) is 0 Å². The van der Waals surface area contributed by atoms with Gasteiger partial charge in [0.05, 0.1) is 14.2 Å². The molecule has 0 bridgehead atoms. The standard InChI is InChI=1S/C28H28O2P2/c1-29-25-17-9-11-19-27(25)31(23-13-5-3-6-14-23)21-22-32(24-15-7-4-8-16-24)28-20-12-10-18-26(28)30-2/h3-20H,21-22H2,1-2H3. The lowest BCUT2D eigenvalue weighted by Crippen LogP contribution is -2.21. The molecular formula is C28H28O2P2. The molecule has 0 spiro atoms. The summed E-state index contributed by atoms with van der Waals surface area (Å²) in [5.41, 5.74) is 0. The van der Waals surface area contributed by atoms with E-state index in [1.165, 1.54) is 21.2 Å². The Morgan fingerprint density at radius 3 is 1.19 bits per heavy atom. The first-order chi connectivity index (χ1) is 15.8. The second-order valence-electron chi connectivity index (χ2n) is 7.32. The third-order valence-electron chi connectivity index (χ3n) is 5.43. The van der Waals surface area contributed by atoms with Crippen LogP contribution in [0.15, 0.2) is 109 Å². The minimum absolute atomic E-state index is 0.554. The molecular weight excluding hydrogens is 430 g/mol. The van der Waals surface area contributed by atoms with E-state index in [9.17, 15) is 0 Å². The molecule has 0 radical (unpaired) electrons. The molecule has 0 aliphatic carbocycles. The average molecular weight is 458 g/mol. The maximum atomic E-state index is 5.76. The van der Waals surface area contributed by atoms with Gasteiger partial charge in [0.1, 0.15) is 11.5 Å². The lowest BCUT2D eigenvalue weighted by Gasteiger charge is -2.25. The van der Waals surface area contributed by atoms with Gasteiger partial charge in [-0.1, -0.05) is 97.1 Å². The van der Waals surface area contributed by atoms with E-state index in [-0.39, 0.29) is 0 Å². The highest BCUT2D eigenvalue weighted by Crippen LogP contribution is 2.44. The van der Waals surface area contributed by atoms with Crippen LogP contribution in [0.2, 0.25) is 0 Å². The van der Waals surface area contributed by atoms with Crippen LogP contribution in [0.1, 0.15) is 0 Å². The lowest BCUT2D eigenvalue weighted by molar-refractivity contribution is 0.418. The van der Waals surface area contributed by atoms with Crippen LogP contribution in [0.25, 0.3) is 0 Å². The summed E-state index contributed by atoms with van der Waals surface area (Å²) in [6.45, 7) is 0. The fraction of sp³-hybridized carbons (Fsp3) is 0.143. The molecule has 4 aromatic rings. The van der Waals surface area contributed by atoms with Crippen molar-refractivity contribution in [3.05, 3.63) is 109 Å². The molecule has 4 heteroatoms. The molecule has 0 amide bonds. The SMILES string of the molecule is COc1ccccc1P(CCP(c1ccccc1)c1ccccc1OC)c1ccccc1. The van der Waals surface area contributed by atoms with Crippen molar-refractivity contribution in [3.63, 3.8) is 0 Å². The van der Waals surface area contributed by atoms with Gasteiger partial charge in [0.15, 0.2) is 0 Å². The molecule has 0 aliphatic rings. The summed E-state index contributed by atoms with van der Waals surface area (Å²) in [5.74, 6) is 1.95. The van der Waals surface area contributed by atoms with Gasteiger partial charge in [0.2, 0.25) is 0 Å². The van der Waals surface area contributed by atoms with Crippen LogP contribution in [0.3, 0.4) is 0 Å². The molecule has 4 aromatic carbocycles. The molecule has 2 atom stereocenters. The van der Waals surface area contributed by atoms with E-state index in [4.69, 9.17) is 9.47 Å². The van der Waals surface area contributed by atoms with Crippen LogP contribution < -0.4 is 30.7 Å². The topological polar surface area (TPSA) is 18.5 Å². The van der Waals surface area contributed by atoms with E-state index in [0.29, 0.717) is 0 Å². The van der Waals surface area contributed by atoms with E-state index < -0.39 is 15.8 Å². The molecule has 32 heavy (non-hydrogen) atoms. The maximum absolute atomic E-state index is 5.76. The third-order valence-corrected chi connectivity index (χ3v) is 10.9. The number of ether oxygens (including phenoxy) is 2. The summed E-state index contributed by atoms with van der Waals surface area (Å²) in [7, 11) is 2.43. The number of hydrogen-bond acceptors (Lipinski definition) is 2. The monoisotopic (exact) mass is 458 g/mol. The van der Waals surface area contributed by atoms with Crippen LogP contribution in [0.5, 0.6) is 11.5 Å². The average Bonchev–Trinajstić information content (AvgIpc) is 2.88. The summed E-state index contributed by atoms with van der Waals surface area (Å²) in [4.78, 5) is 0. The van der Waals surface area contributed by atoms with Crippen LogP contribution in [-0.2, 0) is 0 Å². The van der Waals surface area contributed by atoms with Crippen molar-refractivity contribution in [1.82, 2.24) is 0 Å². The van der Waals surface area contributed by atoms with Crippen molar-refractivity contribution in [1.29, 1.82) is 0 Å². The van der Waals surface area contributed by atoms with E-state index in [0.717, 1.165) is 23.8 Å².